The number of nitrogens with zero attached hydrogens (tertiary/aromatic N) is 1. The van der Waals surface area contributed by atoms with Gasteiger partial charge in [0.1, 0.15) is 0 Å². The second-order valence-electron chi connectivity index (χ2n) is 9.73. The Morgan fingerprint density at radius 2 is 1.06 bits per heavy atom. The van der Waals surface area contributed by atoms with Gasteiger partial charge in [0.05, 0.1) is 20.6 Å². The van der Waals surface area contributed by atoms with Crippen LogP contribution in [0.25, 0.3) is 0 Å². The van der Waals surface area contributed by atoms with Crippen molar-refractivity contribution in [2.75, 3.05) is 20.6 Å². The van der Waals surface area contributed by atoms with Gasteiger partial charge >= 0.3 is 10.4 Å². The van der Waals surface area contributed by atoms with E-state index in [1.807, 2.05) is 0 Å². The quantitative estimate of drug-likeness (QED) is 0.0769. The maximum absolute atomic E-state index is 12.2. The van der Waals surface area contributed by atoms with Crippen molar-refractivity contribution in [3.05, 3.63) is 0 Å². The van der Waals surface area contributed by atoms with E-state index in [-0.39, 0.29) is 12.1 Å². The zero-order valence-corrected chi connectivity index (χ0v) is 23.1. The Balaban J connectivity index is 0. The van der Waals surface area contributed by atoms with Gasteiger partial charge in [0.2, 0.25) is 5.91 Å². The number of hydrogen-bond donors (Lipinski definition) is 3. The van der Waals surface area contributed by atoms with E-state index in [1.54, 1.807) is 0 Å². The number of hydrogen-bond acceptors (Lipinski definition) is 3. The summed E-state index contributed by atoms with van der Waals surface area (Å²) in [4.78, 5) is 12.2. The minimum absolute atomic E-state index is 0.237. The number of rotatable bonds is 20. The molecular weight excluding hydrogens is 440 g/mol. The van der Waals surface area contributed by atoms with Crippen LogP contribution in [0.1, 0.15) is 130 Å². The van der Waals surface area contributed by atoms with E-state index in [0.717, 1.165) is 23.9 Å². The molecule has 7 nitrogen and oxygen atoms in total. The van der Waals surface area contributed by atoms with Gasteiger partial charge in [-0.05, 0) is 13.3 Å². The molecule has 0 bridgehead atoms. The molecule has 0 saturated heterocycles. The molecule has 0 spiro atoms. The lowest BCUT2D eigenvalue weighted by atomic mass is 10.0. The average molecular weight is 496 g/mol. The Morgan fingerprint density at radius 1 is 0.727 bits per heavy atom. The van der Waals surface area contributed by atoms with Crippen LogP contribution < -0.4 is 5.32 Å². The van der Waals surface area contributed by atoms with Crippen LogP contribution in [0.5, 0.6) is 0 Å². The minimum Gasteiger partial charge on any atom is -0.309 e. The average Bonchev–Trinajstić information content (AvgIpc) is 2.73. The molecule has 0 aromatic carbocycles. The summed E-state index contributed by atoms with van der Waals surface area (Å²) in [7, 11) is -0.274. The fraction of sp³-hybridized carbons (Fsp3) is 0.960. The molecule has 0 fully saturated rings. The third kappa shape index (κ3) is 27.4. The van der Waals surface area contributed by atoms with Crippen molar-refractivity contribution < 1.29 is 26.8 Å². The topological polar surface area (TPSA) is 104 Å². The minimum atomic E-state index is -4.67. The zero-order valence-electron chi connectivity index (χ0n) is 22.3. The van der Waals surface area contributed by atoms with Crippen LogP contribution in [0.3, 0.4) is 0 Å². The first-order valence-corrected chi connectivity index (χ1v) is 14.7. The van der Waals surface area contributed by atoms with E-state index in [2.05, 4.69) is 40.2 Å². The van der Waals surface area contributed by atoms with E-state index in [1.165, 1.54) is 89.9 Å². The maximum atomic E-state index is 12.2. The third-order valence-electron chi connectivity index (χ3n) is 6.38. The highest BCUT2D eigenvalue weighted by Gasteiger charge is 2.25. The number of carbonyl (C=O) groups excluding carboxylic acids is 1. The second kappa shape index (κ2) is 21.8. The Kier molecular flexibility index (Phi) is 22.8. The second-order valence-corrected chi connectivity index (χ2v) is 10.6. The van der Waals surface area contributed by atoms with E-state index in [9.17, 15) is 4.79 Å². The summed E-state index contributed by atoms with van der Waals surface area (Å²) in [6.45, 7) is 7.67. The lowest BCUT2D eigenvalue weighted by Crippen LogP contribution is -2.57. The molecular formula is C25H55N2O5S+. The maximum Gasteiger partial charge on any atom is 0.394 e. The molecule has 3 N–H and O–H groups in total. The molecule has 0 heterocycles. The molecule has 0 saturated carbocycles. The van der Waals surface area contributed by atoms with Crippen LogP contribution in [-0.2, 0) is 15.2 Å². The van der Waals surface area contributed by atoms with E-state index >= 15 is 0 Å². The fourth-order valence-electron chi connectivity index (χ4n) is 3.91. The number of quaternary nitrogens is 1. The van der Waals surface area contributed by atoms with Crippen molar-refractivity contribution in [3.8, 4) is 0 Å². The van der Waals surface area contributed by atoms with Crippen molar-refractivity contribution in [2.24, 2.45) is 0 Å². The molecule has 1 amide bonds. The van der Waals surface area contributed by atoms with Gasteiger partial charge in [-0.15, -0.1) is 0 Å². The van der Waals surface area contributed by atoms with Gasteiger partial charge in [0.15, 0.2) is 6.17 Å². The number of unbranched alkanes of at least 4 members (excludes halogenated alkanes) is 14. The number of carbonyl (C=O) groups is 1. The summed E-state index contributed by atoms with van der Waals surface area (Å²) in [5.41, 5.74) is 0. The highest BCUT2D eigenvalue weighted by atomic mass is 32.3. The number of nitrogens with one attached hydrogen (secondary N) is 1. The van der Waals surface area contributed by atoms with Crippen LogP contribution in [0.15, 0.2) is 0 Å². The molecule has 200 valence electrons. The van der Waals surface area contributed by atoms with Crippen molar-refractivity contribution in [3.63, 3.8) is 0 Å². The molecule has 1 unspecified atom stereocenters. The molecule has 8 heteroatoms. The third-order valence-corrected chi connectivity index (χ3v) is 6.38. The van der Waals surface area contributed by atoms with Crippen LogP contribution in [0.2, 0.25) is 0 Å². The Labute approximate surface area is 205 Å². The molecule has 0 aliphatic carbocycles. The van der Waals surface area contributed by atoms with Gasteiger partial charge in [0.25, 0.3) is 0 Å². The molecule has 0 radical (unpaired) electrons. The van der Waals surface area contributed by atoms with Gasteiger partial charge < -0.3 is 9.80 Å². The van der Waals surface area contributed by atoms with E-state index < -0.39 is 10.4 Å². The highest BCUT2D eigenvalue weighted by Crippen LogP contribution is 2.14. The first-order valence-electron chi connectivity index (χ1n) is 13.3. The summed E-state index contributed by atoms with van der Waals surface area (Å²) in [5.74, 6) is 0.237. The molecule has 1 atom stereocenters. The van der Waals surface area contributed by atoms with E-state index in [0.29, 0.717) is 6.42 Å². The summed E-state index contributed by atoms with van der Waals surface area (Å²) in [5, 5.41) is 3.24. The van der Waals surface area contributed by atoms with Crippen LogP contribution in [-0.4, -0.2) is 54.7 Å². The molecule has 0 aromatic heterocycles. The lowest BCUT2D eigenvalue weighted by molar-refractivity contribution is -0.915. The van der Waals surface area contributed by atoms with Gasteiger partial charge in [-0.25, -0.2) is 0 Å². The Hall–Kier alpha value is -0.700. The molecule has 0 rings (SSSR count). The molecule has 0 aliphatic heterocycles. The molecule has 33 heavy (non-hydrogen) atoms. The van der Waals surface area contributed by atoms with Crippen LogP contribution in [0.4, 0.5) is 0 Å². The van der Waals surface area contributed by atoms with Crippen molar-refractivity contribution in [1.82, 2.24) is 5.32 Å². The highest BCUT2D eigenvalue weighted by molar-refractivity contribution is 7.79. The van der Waals surface area contributed by atoms with Crippen molar-refractivity contribution in [1.29, 1.82) is 0 Å². The first-order chi connectivity index (χ1) is 15.5. The molecule has 0 aliphatic rings. The standard InChI is InChI=1S/C25H52N2O.H2O4S/c1-6-9-10-11-12-13-14-15-16-17-18-19-20-21-22-23-25(28)26-24(7-2)27(4,5)8-3;1-5(2,3)4/h24H,6-23H2,1-5H3;(H2,1,2,3,4)/p+1. The summed E-state index contributed by atoms with van der Waals surface area (Å²) >= 11 is 0. The lowest BCUT2D eigenvalue weighted by Gasteiger charge is -2.36. The summed E-state index contributed by atoms with van der Waals surface area (Å²) in [6, 6.07) is 0. The monoisotopic (exact) mass is 495 g/mol. The van der Waals surface area contributed by atoms with Gasteiger partial charge in [-0.3, -0.25) is 13.9 Å². The summed E-state index contributed by atoms with van der Waals surface area (Å²) in [6.07, 6.45) is 22.4. The zero-order chi connectivity index (χ0) is 25.6. The Morgan fingerprint density at radius 3 is 1.36 bits per heavy atom. The van der Waals surface area contributed by atoms with E-state index in [4.69, 9.17) is 17.5 Å². The van der Waals surface area contributed by atoms with Crippen LogP contribution in [0, 0.1) is 0 Å². The van der Waals surface area contributed by atoms with Crippen LogP contribution >= 0.6 is 0 Å². The smallest absolute Gasteiger partial charge is 0.309 e. The van der Waals surface area contributed by atoms with Crippen molar-refractivity contribution >= 4 is 16.3 Å². The largest absolute Gasteiger partial charge is 0.394 e. The fourth-order valence-corrected chi connectivity index (χ4v) is 3.91. The number of amides is 1. The van der Waals surface area contributed by atoms with Gasteiger partial charge in [-0.2, -0.15) is 8.42 Å². The summed E-state index contributed by atoms with van der Waals surface area (Å²) < 4.78 is 32.4. The molecule has 0 aromatic rings. The van der Waals surface area contributed by atoms with Gasteiger partial charge in [-0.1, -0.05) is 104 Å². The SMILES string of the molecule is CCCCCCCCCCCCCCCCCC(=O)NC(CC)[N+](C)(C)CC.O=S(=O)(O)O. The predicted molar refractivity (Wildman–Crippen MR) is 139 cm³/mol. The predicted octanol–water partition coefficient (Wildman–Crippen LogP) is 6.54. The van der Waals surface area contributed by atoms with Crippen molar-refractivity contribution in [2.45, 2.75) is 136 Å². The van der Waals surface area contributed by atoms with Gasteiger partial charge in [0, 0.05) is 12.8 Å². The first kappa shape index (κ1) is 34.5. The normalized spacial score (nSPS) is 12.7. The Bertz CT molecular complexity index is 545.